The standard InChI is InChI=1S/C11H17ClIN/c1-6-9(12)11(8(2)3)10(7-13)14(4)5/h6H,2,7H2,1,3-5H3/b9-6+,11-10+. The highest BCUT2D eigenvalue weighted by Crippen LogP contribution is 2.27. The molecule has 1 nitrogen and oxygen atoms in total. The molecule has 80 valence electrons. The molecule has 0 aliphatic rings. The summed E-state index contributed by atoms with van der Waals surface area (Å²) in [6.45, 7) is 7.88. The van der Waals surface area contributed by atoms with Gasteiger partial charge in [-0.1, -0.05) is 46.8 Å². The summed E-state index contributed by atoms with van der Waals surface area (Å²) in [4.78, 5) is 2.09. The second kappa shape index (κ2) is 6.51. The molecule has 0 unspecified atom stereocenters. The fourth-order valence-corrected chi connectivity index (χ4v) is 2.48. The zero-order chi connectivity index (χ0) is 11.3. The number of nitrogens with zero attached hydrogens (tertiary/aromatic N) is 1. The molecule has 0 radical (unpaired) electrons. The van der Waals surface area contributed by atoms with Crippen LogP contribution in [0, 0.1) is 0 Å². The zero-order valence-corrected chi connectivity index (χ0v) is 12.1. The van der Waals surface area contributed by atoms with Crippen molar-refractivity contribution in [1.82, 2.24) is 4.90 Å². The van der Waals surface area contributed by atoms with E-state index in [0.29, 0.717) is 0 Å². The SMILES string of the molecule is C=C(C)C(/C(Cl)=C\C)=C(/CI)N(C)C. The van der Waals surface area contributed by atoms with Crippen molar-refractivity contribution in [2.75, 3.05) is 18.5 Å². The Hall–Kier alpha value is 0.0400. The number of halogens is 2. The lowest BCUT2D eigenvalue weighted by Gasteiger charge is -2.20. The molecule has 0 aliphatic heterocycles. The number of alkyl halides is 1. The van der Waals surface area contributed by atoms with Crippen LogP contribution in [0.2, 0.25) is 0 Å². The summed E-state index contributed by atoms with van der Waals surface area (Å²) in [5.74, 6) is 0. The van der Waals surface area contributed by atoms with Gasteiger partial charge in [0.2, 0.25) is 0 Å². The topological polar surface area (TPSA) is 3.24 Å². The Morgan fingerprint density at radius 3 is 2.21 bits per heavy atom. The third-order valence-electron chi connectivity index (χ3n) is 1.87. The van der Waals surface area contributed by atoms with Gasteiger partial charge in [0.25, 0.3) is 0 Å². The van der Waals surface area contributed by atoms with Crippen LogP contribution < -0.4 is 0 Å². The number of hydrogen-bond acceptors (Lipinski definition) is 1. The number of hydrogen-bond donors (Lipinski definition) is 0. The molecular formula is C11H17ClIN. The molecule has 0 rings (SSSR count). The summed E-state index contributed by atoms with van der Waals surface area (Å²) in [5, 5.41) is 0.776. The molecule has 0 spiro atoms. The molecule has 0 saturated heterocycles. The highest BCUT2D eigenvalue weighted by Gasteiger charge is 2.11. The van der Waals surface area contributed by atoms with Crippen molar-refractivity contribution in [2.24, 2.45) is 0 Å². The summed E-state index contributed by atoms with van der Waals surface area (Å²) in [6, 6.07) is 0. The largest absolute Gasteiger partial charge is 0.380 e. The van der Waals surface area contributed by atoms with E-state index in [0.717, 1.165) is 20.6 Å². The maximum atomic E-state index is 6.16. The molecule has 0 aromatic heterocycles. The quantitative estimate of drug-likeness (QED) is 0.430. The van der Waals surface area contributed by atoms with Crippen LogP contribution in [0.25, 0.3) is 0 Å². The van der Waals surface area contributed by atoms with Crippen molar-refractivity contribution in [3.05, 3.63) is 34.5 Å². The molecule has 0 saturated carbocycles. The fraction of sp³-hybridized carbons (Fsp3) is 0.455. The molecule has 0 aliphatic carbocycles. The van der Waals surface area contributed by atoms with Crippen LogP contribution in [0.3, 0.4) is 0 Å². The van der Waals surface area contributed by atoms with Crippen LogP contribution in [0.4, 0.5) is 0 Å². The van der Waals surface area contributed by atoms with Crippen molar-refractivity contribution >= 4 is 34.2 Å². The van der Waals surface area contributed by atoms with Crippen molar-refractivity contribution in [3.8, 4) is 0 Å². The van der Waals surface area contributed by atoms with E-state index in [-0.39, 0.29) is 0 Å². The van der Waals surface area contributed by atoms with Crippen molar-refractivity contribution in [2.45, 2.75) is 13.8 Å². The van der Waals surface area contributed by atoms with Gasteiger partial charge in [-0.3, -0.25) is 0 Å². The molecule has 0 bridgehead atoms. The lowest BCUT2D eigenvalue weighted by Crippen LogP contribution is -2.15. The lowest BCUT2D eigenvalue weighted by molar-refractivity contribution is 0.514. The van der Waals surface area contributed by atoms with Crippen LogP contribution >= 0.6 is 34.2 Å². The van der Waals surface area contributed by atoms with Gasteiger partial charge in [-0.15, -0.1) is 0 Å². The first-order chi connectivity index (χ1) is 6.45. The average Bonchev–Trinajstić information content (AvgIpc) is 2.11. The summed E-state index contributed by atoms with van der Waals surface area (Å²) < 4.78 is 0.928. The molecule has 0 fully saturated rings. The van der Waals surface area contributed by atoms with Crippen molar-refractivity contribution in [3.63, 3.8) is 0 Å². The van der Waals surface area contributed by atoms with Gasteiger partial charge >= 0.3 is 0 Å². The molecule has 3 heteroatoms. The fourth-order valence-electron chi connectivity index (χ4n) is 1.14. The van der Waals surface area contributed by atoms with Gasteiger partial charge < -0.3 is 4.90 Å². The second-order valence-corrected chi connectivity index (χ2v) is 4.44. The Bertz CT molecular complexity index is 277. The lowest BCUT2D eigenvalue weighted by atomic mass is 10.1. The highest BCUT2D eigenvalue weighted by atomic mass is 127. The van der Waals surface area contributed by atoms with Gasteiger partial charge in [-0.05, 0) is 19.4 Å². The average molecular weight is 326 g/mol. The summed E-state index contributed by atoms with van der Waals surface area (Å²) in [5.41, 5.74) is 3.28. The van der Waals surface area contributed by atoms with Gasteiger partial charge in [0.1, 0.15) is 0 Å². The van der Waals surface area contributed by atoms with Crippen molar-refractivity contribution < 1.29 is 0 Å². The minimum absolute atomic E-state index is 0.776. The minimum Gasteiger partial charge on any atom is -0.380 e. The summed E-state index contributed by atoms with van der Waals surface area (Å²) in [6.07, 6.45) is 1.90. The van der Waals surface area contributed by atoms with E-state index in [1.165, 1.54) is 5.70 Å². The van der Waals surface area contributed by atoms with Crippen molar-refractivity contribution in [1.29, 1.82) is 0 Å². The Balaban J connectivity index is 5.44. The van der Waals surface area contributed by atoms with Gasteiger partial charge in [0.15, 0.2) is 0 Å². The minimum atomic E-state index is 0.776. The van der Waals surface area contributed by atoms with Crippen LogP contribution in [0.1, 0.15) is 13.8 Å². The third kappa shape index (κ3) is 3.65. The van der Waals surface area contributed by atoms with E-state index in [2.05, 4.69) is 34.1 Å². The summed E-state index contributed by atoms with van der Waals surface area (Å²) in [7, 11) is 4.05. The molecule has 0 N–H and O–H groups in total. The molecule has 0 heterocycles. The Kier molecular flexibility index (Phi) is 6.53. The Labute approximate surface area is 106 Å². The van der Waals surface area contributed by atoms with E-state index >= 15 is 0 Å². The Morgan fingerprint density at radius 2 is 2.00 bits per heavy atom. The van der Waals surface area contributed by atoms with E-state index in [4.69, 9.17) is 11.6 Å². The first kappa shape index (κ1) is 14.0. The Morgan fingerprint density at radius 1 is 1.50 bits per heavy atom. The van der Waals surface area contributed by atoms with Crippen LogP contribution in [0.5, 0.6) is 0 Å². The molecule has 0 atom stereocenters. The second-order valence-electron chi connectivity index (χ2n) is 3.27. The molecule has 0 aromatic carbocycles. The molecule has 14 heavy (non-hydrogen) atoms. The van der Waals surface area contributed by atoms with Crippen LogP contribution in [-0.4, -0.2) is 23.4 Å². The van der Waals surface area contributed by atoms with Gasteiger partial charge in [-0.25, -0.2) is 0 Å². The third-order valence-corrected chi connectivity index (χ3v) is 3.00. The molecule has 0 amide bonds. The predicted molar refractivity (Wildman–Crippen MR) is 74.0 cm³/mol. The molecule has 0 aromatic rings. The van der Waals surface area contributed by atoms with Gasteiger partial charge in [-0.2, -0.15) is 0 Å². The maximum absolute atomic E-state index is 6.16. The highest BCUT2D eigenvalue weighted by molar-refractivity contribution is 14.1. The smallest absolute Gasteiger partial charge is 0.0455 e. The first-order valence-corrected chi connectivity index (χ1v) is 6.30. The van der Waals surface area contributed by atoms with E-state index in [1.54, 1.807) is 0 Å². The zero-order valence-electron chi connectivity index (χ0n) is 9.19. The van der Waals surface area contributed by atoms with E-state index < -0.39 is 0 Å². The predicted octanol–water partition coefficient (Wildman–Crippen LogP) is 3.96. The molecular weight excluding hydrogens is 308 g/mol. The van der Waals surface area contributed by atoms with Gasteiger partial charge in [0, 0.05) is 34.8 Å². The summed E-state index contributed by atoms with van der Waals surface area (Å²) >= 11 is 8.49. The first-order valence-electron chi connectivity index (χ1n) is 4.40. The van der Waals surface area contributed by atoms with E-state index in [1.807, 2.05) is 34.0 Å². The monoisotopic (exact) mass is 325 g/mol. The van der Waals surface area contributed by atoms with E-state index in [9.17, 15) is 0 Å². The number of allylic oxidation sites excluding steroid dienone is 5. The van der Waals surface area contributed by atoms with Gasteiger partial charge in [0.05, 0.1) is 0 Å². The normalized spacial score (nSPS) is 13.7. The van der Waals surface area contributed by atoms with Crippen LogP contribution in [0.15, 0.2) is 34.5 Å². The number of rotatable bonds is 4. The maximum Gasteiger partial charge on any atom is 0.0455 e. The van der Waals surface area contributed by atoms with Crippen LogP contribution in [-0.2, 0) is 0 Å².